The quantitative estimate of drug-likeness (QED) is 0.807. The Labute approximate surface area is 131 Å². The molecule has 2 N–H and O–H groups in total. The molecule has 0 saturated heterocycles. The molecule has 112 valence electrons. The van der Waals surface area contributed by atoms with Crippen molar-refractivity contribution in [2.24, 2.45) is 0 Å². The molecule has 1 aromatic carbocycles. The number of halogens is 1. The maximum atomic E-state index is 6.13. The van der Waals surface area contributed by atoms with Gasteiger partial charge in [0.05, 0.1) is 6.20 Å². The van der Waals surface area contributed by atoms with Gasteiger partial charge in [0.25, 0.3) is 0 Å². The summed E-state index contributed by atoms with van der Waals surface area (Å²) < 4.78 is 0. The summed E-state index contributed by atoms with van der Waals surface area (Å²) in [4.78, 5) is 8.55. The van der Waals surface area contributed by atoms with E-state index in [9.17, 15) is 0 Å². The maximum Gasteiger partial charge on any atom is 0.224 e. The topological polar surface area (TPSA) is 49.8 Å². The van der Waals surface area contributed by atoms with E-state index in [0.29, 0.717) is 23.3 Å². The zero-order valence-corrected chi connectivity index (χ0v) is 13.2. The first-order chi connectivity index (χ1) is 10.2. The van der Waals surface area contributed by atoms with Crippen molar-refractivity contribution in [3.63, 3.8) is 0 Å². The van der Waals surface area contributed by atoms with Gasteiger partial charge in [0.2, 0.25) is 5.95 Å². The van der Waals surface area contributed by atoms with Crippen LogP contribution in [0.4, 0.5) is 11.8 Å². The number of anilines is 2. The Hall–Kier alpha value is -1.81. The Balaban J connectivity index is 2.00. The molecule has 4 nitrogen and oxygen atoms in total. The molecule has 0 bridgehead atoms. The van der Waals surface area contributed by atoms with Crippen LogP contribution in [0.3, 0.4) is 0 Å². The van der Waals surface area contributed by atoms with E-state index in [1.165, 1.54) is 11.1 Å². The van der Waals surface area contributed by atoms with Gasteiger partial charge >= 0.3 is 0 Å². The van der Waals surface area contributed by atoms with Crippen LogP contribution in [-0.4, -0.2) is 16.5 Å². The Kier molecular flexibility index (Phi) is 5.81. The highest BCUT2D eigenvalue weighted by Crippen LogP contribution is 2.20. The molecule has 21 heavy (non-hydrogen) atoms. The van der Waals surface area contributed by atoms with Gasteiger partial charge in [-0.2, -0.15) is 4.98 Å². The van der Waals surface area contributed by atoms with Crippen LogP contribution in [-0.2, 0) is 13.0 Å². The number of aryl methyl sites for hydroxylation is 1. The van der Waals surface area contributed by atoms with Crippen molar-refractivity contribution in [3.05, 3.63) is 46.6 Å². The average molecular weight is 305 g/mol. The lowest BCUT2D eigenvalue weighted by Crippen LogP contribution is -2.08. The van der Waals surface area contributed by atoms with Crippen LogP contribution in [0, 0.1) is 0 Å². The summed E-state index contributed by atoms with van der Waals surface area (Å²) in [6, 6.07) is 8.54. The van der Waals surface area contributed by atoms with Gasteiger partial charge in [-0.05, 0) is 24.0 Å². The number of hydrogen-bond acceptors (Lipinski definition) is 4. The highest BCUT2D eigenvalue weighted by molar-refractivity contribution is 6.32. The number of nitrogens with one attached hydrogen (secondary N) is 2. The second-order valence-electron chi connectivity index (χ2n) is 4.84. The lowest BCUT2D eigenvalue weighted by molar-refractivity contribution is 0.950. The van der Waals surface area contributed by atoms with Gasteiger partial charge in [-0.3, -0.25) is 0 Å². The van der Waals surface area contributed by atoms with Crippen molar-refractivity contribution in [1.29, 1.82) is 0 Å². The van der Waals surface area contributed by atoms with Crippen LogP contribution in [0.15, 0.2) is 30.5 Å². The van der Waals surface area contributed by atoms with Gasteiger partial charge in [0, 0.05) is 13.1 Å². The highest BCUT2D eigenvalue weighted by Gasteiger charge is 2.05. The van der Waals surface area contributed by atoms with E-state index in [1.54, 1.807) is 6.20 Å². The highest BCUT2D eigenvalue weighted by atomic mass is 35.5. The number of hydrogen-bond donors (Lipinski definition) is 2. The number of aromatic nitrogens is 2. The Morgan fingerprint density at radius 1 is 1.05 bits per heavy atom. The first-order valence-corrected chi connectivity index (χ1v) is 7.68. The molecule has 0 amide bonds. The molecule has 5 heteroatoms. The van der Waals surface area contributed by atoms with E-state index in [-0.39, 0.29) is 0 Å². The Bertz CT molecular complexity index is 569. The molecular weight excluding hydrogens is 284 g/mol. The van der Waals surface area contributed by atoms with E-state index in [0.717, 1.165) is 19.4 Å². The first kappa shape index (κ1) is 15.6. The molecule has 0 atom stereocenters. The van der Waals surface area contributed by atoms with Gasteiger partial charge in [-0.15, -0.1) is 0 Å². The molecule has 0 aliphatic rings. The minimum Gasteiger partial charge on any atom is -0.365 e. The van der Waals surface area contributed by atoms with Crippen LogP contribution in [0.2, 0.25) is 5.02 Å². The molecule has 2 rings (SSSR count). The van der Waals surface area contributed by atoms with Crippen molar-refractivity contribution < 1.29 is 0 Å². The Morgan fingerprint density at radius 3 is 2.43 bits per heavy atom. The molecule has 0 fully saturated rings. The fourth-order valence-corrected chi connectivity index (χ4v) is 2.05. The fraction of sp³-hybridized carbons (Fsp3) is 0.375. The van der Waals surface area contributed by atoms with Gasteiger partial charge in [-0.1, -0.05) is 49.7 Å². The van der Waals surface area contributed by atoms with Gasteiger partial charge in [0.1, 0.15) is 5.02 Å². The second-order valence-corrected chi connectivity index (χ2v) is 5.25. The molecule has 1 aromatic heterocycles. The van der Waals surface area contributed by atoms with Gasteiger partial charge in [-0.25, -0.2) is 4.98 Å². The van der Waals surface area contributed by atoms with E-state index >= 15 is 0 Å². The molecule has 1 heterocycles. The summed E-state index contributed by atoms with van der Waals surface area (Å²) in [6.45, 7) is 5.79. The Morgan fingerprint density at radius 2 is 1.76 bits per heavy atom. The largest absolute Gasteiger partial charge is 0.365 e. The zero-order chi connectivity index (χ0) is 15.1. The molecule has 0 radical (unpaired) electrons. The van der Waals surface area contributed by atoms with Crippen LogP contribution < -0.4 is 10.6 Å². The normalized spacial score (nSPS) is 10.4. The predicted octanol–water partition coefficient (Wildman–Crippen LogP) is 4.13. The third kappa shape index (κ3) is 4.60. The molecular formula is C16H21ClN4. The smallest absolute Gasteiger partial charge is 0.224 e. The summed E-state index contributed by atoms with van der Waals surface area (Å²) >= 11 is 6.13. The van der Waals surface area contributed by atoms with Crippen molar-refractivity contribution >= 4 is 23.4 Å². The van der Waals surface area contributed by atoms with Crippen molar-refractivity contribution in [3.8, 4) is 0 Å². The summed E-state index contributed by atoms with van der Waals surface area (Å²) in [5, 5.41) is 6.94. The third-order valence-electron chi connectivity index (χ3n) is 3.17. The first-order valence-electron chi connectivity index (χ1n) is 7.31. The standard InChI is InChI=1S/C16H21ClN4/c1-3-9-18-16-20-11-14(17)15(21-16)19-10-13-7-5-12(4-2)6-8-13/h5-8,11H,3-4,9-10H2,1-2H3,(H2,18,19,20,21). The minimum absolute atomic E-state index is 0.530. The van der Waals surface area contributed by atoms with Crippen molar-refractivity contribution in [1.82, 2.24) is 9.97 Å². The summed E-state index contributed by atoms with van der Waals surface area (Å²) in [5.74, 6) is 1.26. The number of nitrogens with zero attached hydrogens (tertiary/aromatic N) is 2. The van der Waals surface area contributed by atoms with E-state index in [1.807, 2.05) is 0 Å². The summed E-state index contributed by atoms with van der Waals surface area (Å²) in [6.07, 6.45) is 3.70. The number of rotatable bonds is 7. The lowest BCUT2D eigenvalue weighted by atomic mass is 10.1. The predicted molar refractivity (Wildman–Crippen MR) is 89.0 cm³/mol. The SMILES string of the molecule is CCCNc1ncc(Cl)c(NCc2ccc(CC)cc2)n1. The second kappa shape index (κ2) is 7.84. The molecule has 0 saturated carbocycles. The third-order valence-corrected chi connectivity index (χ3v) is 3.44. The van der Waals surface area contributed by atoms with E-state index in [2.05, 4.69) is 58.7 Å². The molecule has 0 unspecified atom stereocenters. The van der Waals surface area contributed by atoms with E-state index in [4.69, 9.17) is 11.6 Å². The summed E-state index contributed by atoms with van der Waals surface area (Å²) in [5.41, 5.74) is 2.54. The van der Waals surface area contributed by atoms with Crippen molar-refractivity contribution in [2.75, 3.05) is 17.2 Å². The van der Waals surface area contributed by atoms with Crippen LogP contribution >= 0.6 is 11.6 Å². The van der Waals surface area contributed by atoms with Gasteiger partial charge < -0.3 is 10.6 Å². The molecule has 2 aromatic rings. The van der Waals surface area contributed by atoms with Crippen LogP contribution in [0.5, 0.6) is 0 Å². The number of benzene rings is 1. The average Bonchev–Trinajstić information content (AvgIpc) is 2.53. The summed E-state index contributed by atoms with van der Waals surface area (Å²) in [7, 11) is 0. The van der Waals surface area contributed by atoms with Gasteiger partial charge in [0.15, 0.2) is 5.82 Å². The maximum absolute atomic E-state index is 6.13. The van der Waals surface area contributed by atoms with Crippen LogP contribution in [0.25, 0.3) is 0 Å². The lowest BCUT2D eigenvalue weighted by Gasteiger charge is -2.10. The van der Waals surface area contributed by atoms with Crippen LogP contribution in [0.1, 0.15) is 31.4 Å². The van der Waals surface area contributed by atoms with E-state index < -0.39 is 0 Å². The monoisotopic (exact) mass is 304 g/mol. The zero-order valence-electron chi connectivity index (χ0n) is 12.5. The fourth-order valence-electron chi connectivity index (χ4n) is 1.89. The minimum atomic E-state index is 0.530. The molecule has 0 aliphatic carbocycles. The van der Waals surface area contributed by atoms with Crippen molar-refractivity contribution in [2.45, 2.75) is 33.2 Å². The molecule has 0 spiro atoms. The molecule has 0 aliphatic heterocycles.